The molecular weight excluding hydrogens is 450 g/mol. The Balaban J connectivity index is 1.58. The van der Waals surface area contributed by atoms with Gasteiger partial charge in [0.25, 0.3) is 0 Å². The van der Waals surface area contributed by atoms with Crippen LogP contribution in [0.4, 0.5) is 0 Å². The average Bonchev–Trinajstić information content (AvgIpc) is 2.74. The highest BCUT2D eigenvalue weighted by Crippen LogP contribution is 2.24. The van der Waals surface area contributed by atoms with Crippen LogP contribution >= 0.6 is 15.9 Å². The minimum Gasteiger partial charge on any atom is -0.497 e. The van der Waals surface area contributed by atoms with Crippen molar-refractivity contribution in [2.24, 2.45) is 0 Å². The van der Waals surface area contributed by atoms with Gasteiger partial charge in [-0.1, -0.05) is 15.9 Å². The maximum atomic E-state index is 12.5. The maximum absolute atomic E-state index is 12.5. The van der Waals surface area contributed by atoms with E-state index in [0.717, 1.165) is 21.2 Å². The number of hydrogen-bond acceptors (Lipinski definition) is 5. The number of hydrogen-bond donors (Lipinski definition) is 0. The van der Waals surface area contributed by atoms with Gasteiger partial charge in [0, 0.05) is 35.0 Å². The molecule has 7 heteroatoms. The molecule has 0 aliphatic carbocycles. The van der Waals surface area contributed by atoms with Gasteiger partial charge in [-0.25, -0.2) is 4.79 Å². The van der Waals surface area contributed by atoms with Crippen molar-refractivity contribution in [2.45, 2.75) is 19.8 Å². The summed E-state index contributed by atoms with van der Waals surface area (Å²) in [5.41, 5.74) is 1.43. The van der Waals surface area contributed by atoms with Gasteiger partial charge in [-0.05, 0) is 55.3 Å². The van der Waals surface area contributed by atoms with E-state index in [-0.39, 0.29) is 12.3 Å². The van der Waals surface area contributed by atoms with E-state index in [2.05, 4.69) is 15.9 Å². The second-order valence-corrected chi connectivity index (χ2v) is 7.89. The highest BCUT2D eigenvalue weighted by Gasteiger charge is 2.15. The molecule has 0 aliphatic rings. The Morgan fingerprint density at radius 3 is 2.53 bits per heavy atom. The summed E-state index contributed by atoms with van der Waals surface area (Å²) in [6, 6.07) is 12.9. The number of carbonyl (C=O) groups excluding carboxylic acids is 1. The van der Waals surface area contributed by atoms with Crippen molar-refractivity contribution in [1.82, 2.24) is 4.90 Å². The first-order valence-electron chi connectivity index (χ1n) is 9.61. The Morgan fingerprint density at radius 1 is 1.13 bits per heavy atom. The summed E-state index contributed by atoms with van der Waals surface area (Å²) in [5.74, 6) is 1.32. The van der Waals surface area contributed by atoms with Gasteiger partial charge in [0.15, 0.2) is 0 Å². The van der Waals surface area contributed by atoms with Crippen LogP contribution in [-0.4, -0.2) is 38.1 Å². The number of methoxy groups -OCH3 is 1. The Morgan fingerprint density at radius 2 is 1.83 bits per heavy atom. The normalized spacial score (nSPS) is 10.8. The van der Waals surface area contributed by atoms with Crippen molar-refractivity contribution in [3.63, 3.8) is 0 Å². The fraction of sp³-hybridized carbons (Fsp3) is 0.304. The SMILES string of the molecule is COc1ccc2c(C)c(CCC(=O)N(C)CCOc3ccc(Br)cc3)c(=O)oc2c1. The van der Waals surface area contributed by atoms with E-state index in [0.29, 0.717) is 36.5 Å². The molecule has 0 unspecified atom stereocenters. The third kappa shape index (κ3) is 5.21. The fourth-order valence-electron chi connectivity index (χ4n) is 3.17. The summed E-state index contributed by atoms with van der Waals surface area (Å²) in [6.45, 7) is 2.73. The van der Waals surface area contributed by atoms with E-state index in [1.807, 2.05) is 43.3 Å². The molecule has 3 aromatic rings. The van der Waals surface area contributed by atoms with E-state index < -0.39 is 5.63 Å². The summed E-state index contributed by atoms with van der Waals surface area (Å²) in [6.07, 6.45) is 0.551. The zero-order valence-electron chi connectivity index (χ0n) is 17.2. The fourth-order valence-corrected chi connectivity index (χ4v) is 3.43. The Labute approximate surface area is 183 Å². The Kier molecular flexibility index (Phi) is 7.15. The van der Waals surface area contributed by atoms with Gasteiger partial charge in [0.1, 0.15) is 23.7 Å². The lowest BCUT2D eigenvalue weighted by molar-refractivity contribution is -0.130. The van der Waals surface area contributed by atoms with Crippen LogP contribution in [0.1, 0.15) is 17.5 Å². The molecule has 0 saturated carbocycles. The van der Waals surface area contributed by atoms with Crippen molar-refractivity contribution in [1.29, 1.82) is 0 Å². The second kappa shape index (κ2) is 9.80. The quantitative estimate of drug-likeness (QED) is 0.455. The molecule has 0 spiro atoms. The van der Waals surface area contributed by atoms with E-state index in [1.165, 1.54) is 0 Å². The molecule has 0 aliphatic heterocycles. The predicted molar refractivity (Wildman–Crippen MR) is 119 cm³/mol. The van der Waals surface area contributed by atoms with E-state index in [4.69, 9.17) is 13.9 Å². The van der Waals surface area contributed by atoms with Crippen LogP contribution in [-0.2, 0) is 11.2 Å². The molecule has 1 heterocycles. The summed E-state index contributed by atoms with van der Waals surface area (Å²) in [5, 5.41) is 0.842. The maximum Gasteiger partial charge on any atom is 0.339 e. The molecule has 6 nitrogen and oxygen atoms in total. The highest BCUT2D eigenvalue weighted by atomic mass is 79.9. The summed E-state index contributed by atoms with van der Waals surface area (Å²) in [4.78, 5) is 26.5. The number of likely N-dealkylation sites (N-methyl/N-ethyl adjacent to an activating group) is 1. The molecule has 1 aromatic heterocycles. The zero-order chi connectivity index (χ0) is 21.7. The van der Waals surface area contributed by atoms with Gasteiger partial charge in [-0.3, -0.25) is 4.79 Å². The zero-order valence-corrected chi connectivity index (χ0v) is 18.8. The first-order chi connectivity index (χ1) is 14.4. The highest BCUT2D eigenvalue weighted by molar-refractivity contribution is 9.10. The third-order valence-electron chi connectivity index (χ3n) is 5.02. The number of ether oxygens (including phenoxy) is 2. The molecule has 0 atom stereocenters. The average molecular weight is 474 g/mol. The lowest BCUT2D eigenvalue weighted by atomic mass is 10.0. The monoisotopic (exact) mass is 473 g/mol. The number of nitrogens with zero attached hydrogens (tertiary/aromatic N) is 1. The Bertz CT molecular complexity index is 1090. The van der Waals surface area contributed by atoms with Crippen LogP contribution in [0.15, 0.2) is 56.1 Å². The van der Waals surface area contributed by atoms with Crippen molar-refractivity contribution in [2.75, 3.05) is 27.3 Å². The molecule has 1 amide bonds. The van der Waals surface area contributed by atoms with Crippen molar-refractivity contribution >= 4 is 32.8 Å². The molecular formula is C23H24BrNO5. The third-order valence-corrected chi connectivity index (χ3v) is 5.55. The molecule has 3 rings (SSSR count). The molecule has 0 bridgehead atoms. The van der Waals surface area contributed by atoms with Crippen LogP contribution in [0.25, 0.3) is 11.0 Å². The predicted octanol–water partition coefficient (Wildman–Crippen LogP) is 4.34. The number of aryl methyl sites for hydroxylation is 1. The number of halogens is 1. The largest absolute Gasteiger partial charge is 0.497 e. The summed E-state index contributed by atoms with van der Waals surface area (Å²) < 4.78 is 17.3. The molecule has 30 heavy (non-hydrogen) atoms. The van der Waals surface area contributed by atoms with Crippen LogP contribution in [0.3, 0.4) is 0 Å². The summed E-state index contributed by atoms with van der Waals surface area (Å²) in [7, 11) is 3.29. The molecule has 0 fully saturated rings. The van der Waals surface area contributed by atoms with E-state index >= 15 is 0 Å². The summed E-state index contributed by atoms with van der Waals surface area (Å²) >= 11 is 3.38. The number of rotatable bonds is 8. The van der Waals surface area contributed by atoms with Gasteiger partial charge in [-0.15, -0.1) is 0 Å². The van der Waals surface area contributed by atoms with Gasteiger partial charge < -0.3 is 18.8 Å². The van der Waals surface area contributed by atoms with Gasteiger partial charge in [0.05, 0.1) is 13.7 Å². The molecule has 158 valence electrons. The van der Waals surface area contributed by atoms with Crippen molar-refractivity contribution in [3.05, 3.63) is 68.5 Å². The van der Waals surface area contributed by atoms with Gasteiger partial charge in [0.2, 0.25) is 5.91 Å². The van der Waals surface area contributed by atoms with Crippen molar-refractivity contribution < 1.29 is 18.7 Å². The molecule has 0 radical (unpaired) electrons. The van der Waals surface area contributed by atoms with Crippen LogP contribution in [0, 0.1) is 6.92 Å². The number of amides is 1. The van der Waals surface area contributed by atoms with E-state index in [1.54, 1.807) is 25.1 Å². The Hall–Kier alpha value is -2.80. The number of fused-ring (bicyclic) bond motifs is 1. The molecule has 0 N–H and O–H groups in total. The minimum atomic E-state index is -0.415. The molecule has 0 saturated heterocycles. The number of carbonyl (C=O) groups is 1. The number of benzene rings is 2. The standard InChI is InChI=1S/C23H24BrNO5/c1-15-19-9-8-18(28-3)14-21(19)30-23(27)20(15)10-11-22(26)25(2)12-13-29-17-6-4-16(24)5-7-17/h4-9,14H,10-13H2,1-3H3. The van der Waals surface area contributed by atoms with E-state index in [9.17, 15) is 9.59 Å². The van der Waals surface area contributed by atoms with Gasteiger partial charge >= 0.3 is 5.63 Å². The topological polar surface area (TPSA) is 69.0 Å². The van der Waals surface area contributed by atoms with Crippen LogP contribution in [0.2, 0.25) is 0 Å². The van der Waals surface area contributed by atoms with Crippen LogP contribution < -0.4 is 15.1 Å². The van der Waals surface area contributed by atoms with Crippen LogP contribution in [0.5, 0.6) is 11.5 Å². The minimum absolute atomic E-state index is 0.0527. The lowest BCUT2D eigenvalue weighted by Gasteiger charge is -2.18. The second-order valence-electron chi connectivity index (χ2n) is 6.97. The lowest BCUT2D eigenvalue weighted by Crippen LogP contribution is -2.31. The van der Waals surface area contributed by atoms with Gasteiger partial charge in [-0.2, -0.15) is 0 Å². The first kappa shape index (κ1) is 21.9. The molecule has 2 aromatic carbocycles. The smallest absolute Gasteiger partial charge is 0.339 e. The van der Waals surface area contributed by atoms with Crippen molar-refractivity contribution in [3.8, 4) is 11.5 Å². The first-order valence-corrected chi connectivity index (χ1v) is 10.4.